The lowest BCUT2D eigenvalue weighted by Crippen LogP contribution is -2.05. The molecule has 0 aliphatic carbocycles. The summed E-state index contributed by atoms with van der Waals surface area (Å²) in [5.41, 5.74) is 0.993. The Bertz CT molecular complexity index is 891. The van der Waals surface area contributed by atoms with Gasteiger partial charge in [-0.05, 0) is 55.5 Å². The molecule has 0 unspecified atom stereocenters. The number of aryl methyl sites for hydroxylation is 1. The number of anilines is 4. The van der Waals surface area contributed by atoms with Crippen LogP contribution in [-0.2, 0) is 6.18 Å². The summed E-state index contributed by atoms with van der Waals surface area (Å²) in [7, 11) is 0. The molecule has 1 aromatic heterocycles. The lowest BCUT2D eigenvalue weighted by atomic mass is 10.2. The maximum absolute atomic E-state index is 13.0. The number of aromatic nitrogens is 2. The van der Waals surface area contributed by atoms with Crippen molar-refractivity contribution in [2.75, 3.05) is 10.6 Å². The molecule has 3 aromatic rings. The Morgan fingerprint density at radius 1 is 0.808 bits per heavy atom. The molecule has 0 atom stereocenters. The van der Waals surface area contributed by atoms with E-state index in [-0.39, 0.29) is 11.8 Å². The largest absolute Gasteiger partial charge is 0.416 e. The highest BCUT2D eigenvalue weighted by molar-refractivity contribution is 5.60. The second-order valence-corrected chi connectivity index (χ2v) is 5.55. The quantitative estimate of drug-likeness (QED) is 0.608. The molecule has 4 nitrogen and oxygen atoms in total. The normalized spacial score (nSPS) is 11.3. The number of rotatable bonds is 4. The third kappa shape index (κ3) is 4.47. The summed E-state index contributed by atoms with van der Waals surface area (Å²) in [6.07, 6.45) is -4.38. The molecule has 0 saturated carbocycles. The topological polar surface area (TPSA) is 49.8 Å². The first kappa shape index (κ1) is 17.7. The van der Waals surface area contributed by atoms with Crippen LogP contribution in [0.1, 0.15) is 11.3 Å². The van der Waals surface area contributed by atoms with Gasteiger partial charge in [0.25, 0.3) is 0 Å². The fourth-order valence-electron chi connectivity index (χ4n) is 2.24. The molecule has 0 saturated heterocycles. The molecule has 2 aromatic carbocycles. The first-order valence-electron chi connectivity index (χ1n) is 7.62. The lowest BCUT2D eigenvalue weighted by molar-refractivity contribution is -0.137. The Labute approximate surface area is 146 Å². The van der Waals surface area contributed by atoms with E-state index in [9.17, 15) is 17.6 Å². The molecule has 3 rings (SSSR count). The molecule has 0 radical (unpaired) electrons. The molecule has 0 aliphatic heterocycles. The monoisotopic (exact) mass is 362 g/mol. The van der Waals surface area contributed by atoms with Crippen LogP contribution in [0.25, 0.3) is 0 Å². The summed E-state index contributed by atoms with van der Waals surface area (Å²) in [5, 5.41) is 5.89. The van der Waals surface area contributed by atoms with Gasteiger partial charge in [0.15, 0.2) is 0 Å². The third-order valence-electron chi connectivity index (χ3n) is 3.44. The van der Waals surface area contributed by atoms with E-state index < -0.39 is 11.7 Å². The predicted molar refractivity (Wildman–Crippen MR) is 91.2 cm³/mol. The molecular formula is C18H14F4N4. The SMILES string of the molecule is Cc1cc(Nc2ccc(F)cc2)nc(Nc2ccc(C(F)(F)F)cc2)n1. The highest BCUT2D eigenvalue weighted by Gasteiger charge is 2.29. The zero-order chi connectivity index (χ0) is 18.7. The van der Waals surface area contributed by atoms with Crippen LogP contribution in [0.15, 0.2) is 54.6 Å². The van der Waals surface area contributed by atoms with E-state index in [0.29, 0.717) is 22.9 Å². The van der Waals surface area contributed by atoms with Crippen molar-refractivity contribution in [1.82, 2.24) is 9.97 Å². The van der Waals surface area contributed by atoms with Crippen LogP contribution in [0.5, 0.6) is 0 Å². The maximum Gasteiger partial charge on any atom is 0.416 e. The van der Waals surface area contributed by atoms with Gasteiger partial charge in [0.2, 0.25) is 5.95 Å². The van der Waals surface area contributed by atoms with Crippen molar-refractivity contribution < 1.29 is 17.6 Å². The summed E-state index contributed by atoms with van der Waals surface area (Å²) < 4.78 is 50.8. The van der Waals surface area contributed by atoms with E-state index in [2.05, 4.69) is 20.6 Å². The predicted octanol–water partition coefficient (Wildman–Crippen LogP) is 5.43. The third-order valence-corrected chi connectivity index (χ3v) is 3.44. The van der Waals surface area contributed by atoms with E-state index >= 15 is 0 Å². The van der Waals surface area contributed by atoms with Gasteiger partial charge < -0.3 is 10.6 Å². The van der Waals surface area contributed by atoms with E-state index in [1.54, 1.807) is 25.1 Å². The lowest BCUT2D eigenvalue weighted by Gasteiger charge is -2.11. The van der Waals surface area contributed by atoms with Crippen LogP contribution in [0.4, 0.5) is 40.7 Å². The number of benzene rings is 2. The fourth-order valence-corrected chi connectivity index (χ4v) is 2.24. The zero-order valence-corrected chi connectivity index (χ0v) is 13.6. The number of alkyl halides is 3. The molecule has 134 valence electrons. The summed E-state index contributed by atoms with van der Waals surface area (Å²) >= 11 is 0. The average Bonchev–Trinajstić information content (AvgIpc) is 2.56. The van der Waals surface area contributed by atoms with Crippen molar-refractivity contribution in [1.29, 1.82) is 0 Å². The van der Waals surface area contributed by atoms with Gasteiger partial charge >= 0.3 is 6.18 Å². The van der Waals surface area contributed by atoms with Crippen molar-refractivity contribution in [3.05, 3.63) is 71.7 Å². The molecule has 1 heterocycles. The van der Waals surface area contributed by atoms with Gasteiger partial charge in [0.1, 0.15) is 11.6 Å². The van der Waals surface area contributed by atoms with Gasteiger partial charge in [-0.25, -0.2) is 9.37 Å². The van der Waals surface area contributed by atoms with Crippen molar-refractivity contribution in [3.8, 4) is 0 Å². The molecule has 0 aliphatic rings. The molecule has 2 N–H and O–H groups in total. The van der Waals surface area contributed by atoms with E-state index in [0.717, 1.165) is 12.1 Å². The van der Waals surface area contributed by atoms with E-state index in [1.807, 2.05) is 0 Å². The highest BCUT2D eigenvalue weighted by atomic mass is 19.4. The van der Waals surface area contributed by atoms with Gasteiger partial charge in [-0.2, -0.15) is 18.2 Å². The van der Waals surface area contributed by atoms with Gasteiger partial charge in [-0.3, -0.25) is 0 Å². The highest BCUT2D eigenvalue weighted by Crippen LogP contribution is 2.30. The Kier molecular flexibility index (Phi) is 4.75. The van der Waals surface area contributed by atoms with Crippen molar-refractivity contribution in [2.45, 2.75) is 13.1 Å². The molecule has 8 heteroatoms. The molecular weight excluding hydrogens is 348 g/mol. The van der Waals surface area contributed by atoms with Gasteiger partial charge in [0, 0.05) is 23.1 Å². The average molecular weight is 362 g/mol. The first-order valence-corrected chi connectivity index (χ1v) is 7.62. The molecule has 0 spiro atoms. The molecule has 0 amide bonds. The maximum atomic E-state index is 13.0. The Morgan fingerprint density at radius 3 is 2.00 bits per heavy atom. The van der Waals surface area contributed by atoms with Crippen LogP contribution in [0, 0.1) is 12.7 Å². The second-order valence-electron chi connectivity index (χ2n) is 5.55. The molecule has 0 fully saturated rings. The smallest absolute Gasteiger partial charge is 0.340 e. The van der Waals surface area contributed by atoms with Crippen LogP contribution < -0.4 is 10.6 Å². The van der Waals surface area contributed by atoms with Crippen LogP contribution in [0.2, 0.25) is 0 Å². The fraction of sp³-hybridized carbons (Fsp3) is 0.111. The molecule has 0 bridgehead atoms. The van der Waals surface area contributed by atoms with E-state index in [1.165, 1.54) is 24.3 Å². The Morgan fingerprint density at radius 2 is 1.38 bits per heavy atom. The summed E-state index contributed by atoms with van der Waals surface area (Å²) in [6.45, 7) is 1.76. The van der Waals surface area contributed by atoms with Gasteiger partial charge in [0.05, 0.1) is 5.56 Å². The second kappa shape index (κ2) is 6.99. The van der Waals surface area contributed by atoms with Crippen molar-refractivity contribution >= 4 is 23.1 Å². The minimum absolute atomic E-state index is 0.231. The molecule has 26 heavy (non-hydrogen) atoms. The van der Waals surface area contributed by atoms with Crippen LogP contribution in [0.3, 0.4) is 0 Å². The summed E-state index contributed by atoms with van der Waals surface area (Å²) in [5.74, 6) is 0.354. The van der Waals surface area contributed by atoms with Crippen molar-refractivity contribution in [3.63, 3.8) is 0 Å². The number of nitrogens with zero attached hydrogens (tertiary/aromatic N) is 2. The number of hydrogen-bond acceptors (Lipinski definition) is 4. The van der Waals surface area contributed by atoms with Crippen LogP contribution >= 0.6 is 0 Å². The zero-order valence-electron chi connectivity index (χ0n) is 13.6. The summed E-state index contributed by atoms with van der Waals surface area (Å²) in [6, 6.07) is 12.0. The number of hydrogen-bond donors (Lipinski definition) is 2. The summed E-state index contributed by atoms with van der Waals surface area (Å²) in [4.78, 5) is 8.48. The van der Waals surface area contributed by atoms with Gasteiger partial charge in [-0.1, -0.05) is 0 Å². The number of halogens is 4. The standard InChI is InChI=1S/C18H14F4N4/c1-11-10-16(24-14-8-4-13(19)5-9-14)26-17(23-11)25-15-6-2-12(3-7-15)18(20,21)22/h2-10H,1H3,(H2,23,24,25,26). The minimum atomic E-state index is -4.38. The first-order chi connectivity index (χ1) is 12.3. The number of nitrogens with one attached hydrogen (secondary N) is 2. The Balaban J connectivity index is 1.78. The van der Waals surface area contributed by atoms with Crippen LogP contribution in [-0.4, -0.2) is 9.97 Å². The van der Waals surface area contributed by atoms with Crippen molar-refractivity contribution in [2.24, 2.45) is 0 Å². The minimum Gasteiger partial charge on any atom is -0.340 e. The van der Waals surface area contributed by atoms with Gasteiger partial charge in [-0.15, -0.1) is 0 Å². The van der Waals surface area contributed by atoms with E-state index in [4.69, 9.17) is 0 Å². The Hall–Kier alpha value is -3.16.